The van der Waals surface area contributed by atoms with E-state index >= 15 is 0 Å². The standard InChI is InChI=1S/C26H23F3N6O3S/c1-16-13-21(37-2)11-12-22(16)32-25(39)33-24(36)30-14-17-3-5-18(6-4-17)23-31-15-35(34-23)19-7-9-20(10-8-19)38-26(27,28)29/h3-13,15H,14H2,1-2H3,(H3,30,32,33,36,39). The molecule has 0 radical (unpaired) electrons. The molecule has 4 aromatic rings. The fraction of sp³-hybridized carbons (Fsp3) is 0.154. The number of alkyl halides is 3. The molecule has 3 aromatic carbocycles. The molecule has 0 unspecified atom stereocenters. The summed E-state index contributed by atoms with van der Waals surface area (Å²) < 4.78 is 47.5. The van der Waals surface area contributed by atoms with Gasteiger partial charge in [0.1, 0.15) is 17.8 Å². The molecule has 4 rings (SSSR count). The van der Waals surface area contributed by atoms with Gasteiger partial charge in [0.15, 0.2) is 10.9 Å². The van der Waals surface area contributed by atoms with Gasteiger partial charge >= 0.3 is 12.4 Å². The molecule has 0 aliphatic carbocycles. The highest BCUT2D eigenvalue weighted by atomic mass is 32.1. The maximum absolute atomic E-state index is 12.3. The third-order valence-electron chi connectivity index (χ3n) is 5.40. The van der Waals surface area contributed by atoms with Crippen LogP contribution >= 0.6 is 12.2 Å². The Hall–Kier alpha value is -4.65. The fourth-order valence-corrected chi connectivity index (χ4v) is 3.68. The summed E-state index contributed by atoms with van der Waals surface area (Å²) in [6.45, 7) is 2.15. The van der Waals surface area contributed by atoms with Gasteiger partial charge in [-0.25, -0.2) is 14.5 Å². The molecule has 9 nitrogen and oxygen atoms in total. The number of amides is 2. The van der Waals surface area contributed by atoms with Crippen molar-refractivity contribution in [2.75, 3.05) is 12.4 Å². The number of anilines is 1. The molecule has 1 aromatic heterocycles. The van der Waals surface area contributed by atoms with Crippen molar-refractivity contribution in [2.24, 2.45) is 0 Å². The summed E-state index contributed by atoms with van der Waals surface area (Å²) in [4.78, 5) is 16.5. The van der Waals surface area contributed by atoms with Crippen LogP contribution in [0.25, 0.3) is 17.1 Å². The van der Waals surface area contributed by atoms with Gasteiger partial charge in [-0.1, -0.05) is 24.3 Å². The molecule has 13 heteroatoms. The molecule has 0 saturated heterocycles. The fourth-order valence-electron chi connectivity index (χ4n) is 3.48. The first-order valence-electron chi connectivity index (χ1n) is 11.5. The number of rotatable bonds is 7. The van der Waals surface area contributed by atoms with Crippen LogP contribution in [0.1, 0.15) is 11.1 Å². The van der Waals surface area contributed by atoms with E-state index in [1.54, 1.807) is 25.3 Å². The monoisotopic (exact) mass is 556 g/mol. The maximum atomic E-state index is 12.3. The zero-order valence-electron chi connectivity index (χ0n) is 20.7. The molecule has 0 fully saturated rings. The number of thiocarbonyl (C=S) groups is 1. The van der Waals surface area contributed by atoms with E-state index in [2.05, 4.69) is 30.8 Å². The Balaban J connectivity index is 1.28. The van der Waals surface area contributed by atoms with Crippen LogP contribution in [0.5, 0.6) is 11.5 Å². The van der Waals surface area contributed by atoms with Crippen LogP contribution in [0, 0.1) is 6.92 Å². The molecule has 2 amide bonds. The number of aromatic nitrogens is 3. The Morgan fingerprint density at radius 2 is 1.72 bits per heavy atom. The van der Waals surface area contributed by atoms with Gasteiger partial charge < -0.3 is 20.1 Å². The lowest BCUT2D eigenvalue weighted by Crippen LogP contribution is -2.41. The topological polar surface area (TPSA) is 102 Å². The second-order valence-electron chi connectivity index (χ2n) is 8.19. The Labute approximate surface area is 227 Å². The second-order valence-corrected chi connectivity index (χ2v) is 8.60. The molecule has 0 aliphatic rings. The van der Waals surface area contributed by atoms with Crippen molar-refractivity contribution in [1.82, 2.24) is 25.4 Å². The average Bonchev–Trinajstić information content (AvgIpc) is 3.39. The normalized spacial score (nSPS) is 11.0. The van der Waals surface area contributed by atoms with Gasteiger partial charge in [-0.15, -0.1) is 18.3 Å². The van der Waals surface area contributed by atoms with Crippen LogP contribution in [0.15, 0.2) is 73.1 Å². The maximum Gasteiger partial charge on any atom is 0.573 e. The summed E-state index contributed by atoms with van der Waals surface area (Å²) in [6.07, 6.45) is -3.30. The first-order valence-corrected chi connectivity index (χ1v) is 11.9. The summed E-state index contributed by atoms with van der Waals surface area (Å²) in [5.74, 6) is 0.820. The van der Waals surface area contributed by atoms with Crippen LogP contribution in [-0.4, -0.2) is 39.4 Å². The van der Waals surface area contributed by atoms with Crippen molar-refractivity contribution in [3.05, 3.63) is 84.2 Å². The second kappa shape index (κ2) is 11.8. The van der Waals surface area contributed by atoms with Crippen molar-refractivity contribution in [3.63, 3.8) is 0 Å². The van der Waals surface area contributed by atoms with Gasteiger partial charge in [0.2, 0.25) is 0 Å². The van der Waals surface area contributed by atoms with E-state index in [0.717, 1.165) is 28.1 Å². The number of hydrogen-bond donors (Lipinski definition) is 3. The van der Waals surface area contributed by atoms with E-state index in [1.807, 2.05) is 31.2 Å². The Morgan fingerprint density at radius 3 is 2.36 bits per heavy atom. The largest absolute Gasteiger partial charge is 0.573 e. The van der Waals surface area contributed by atoms with Crippen molar-refractivity contribution in [3.8, 4) is 28.6 Å². The lowest BCUT2D eigenvalue weighted by Gasteiger charge is -2.13. The zero-order chi connectivity index (χ0) is 28.0. The lowest BCUT2D eigenvalue weighted by molar-refractivity contribution is -0.274. The zero-order valence-corrected chi connectivity index (χ0v) is 21.6. The number of hydrogen-bond acceptors (Lipinski definition) is 6. The molecular weight excluding hydrogens is 533 g/mol. The highest BCUT2D eigenvalue weighted by Gasteiger charge is 2.31. The lowest BCUT2D eigenvalue weighted by atomic mass is 10.1. The molecule has 1 heterocycles. The minimum Gasteiger partial charge on any atom is -0.497 e. The van der Waals surface area contributed by atoms with Gasteiger partial charge in [-0.2, -0.15) is 0 Å². The van der Waals surface area contributed by atoms with E-state index in [9.17, 15) is 18.0 Å². The first-order chi connectivity index (χ1) is 18.6. The van der Waals surface area contributed by atoms with Gasteiger partial charge in [-0.05, 0) is 72.7 Å². The summed E-state index contributed by atoms with van der Waals surface area (Å²) in [5, 5.41) is 12.8. The van der Waals surface area contributed by atoms with Crippen LogP contribution in [0.3, 0.4) is 0 Å². The summed E-state index contributed by atoms with van der Waals surface area (Å²) in [5.41, 5.74) is 3.73. The Bertz CT molecular complexity index is 1460. The number of nitrogens with one attached hydrogen (secondary N) is 3. The van der Waals surface area contributed by atoms with E-state index < -0.39 is 12.4 Å². The summed E-state index contributed by atoms with van der Waals surface area (Å²) in [7, 11) is 1.59. The van der Waals surface area contributed by atoms with E-state index in [1.165, 1.54) is 35.3 Å². The molecule has 0 spiro atoms. The molecule has 0 atom stereocenters. The molecular formula is C26H23F3N6O3S. The van der Waals surface area contributed by atoms with Gasteiger partial charge in [0, 0.05) is 17.8 Å². The van der Waals surface area contributed by atoms with Gasteiger partial charge in [0.25, 0.3) is 0 Å². The molecule has 39 heavy (non-hydrogen) atoms. The minimum absolute atomic E-state index is 0.153. The van der Waals surface area contributed by atoms with Crippen molar-refractivity contribution in [2.45, 2.75) is 19.8 Å². The molecule has 0 bridgehead atoms. The van der Waals surface area contributed by atoms with E-state index in [-0.39, 0.29) is 17.4 Å². The van der Waals surface area contributed by atoms with Crippen LogP contribution in [-0.2, 0) is 6.54 Å². The first kappa shape index (κ1) is 27.4. The predicted octanol–water partition coefficient (Wildman–Crippen LogP) is 5.35. The van der Waals surface area contributed by atoms with Crippen molar-refractivity contribution >= 4 is 29.0 Å². The SMILES string of the molecule is COc1ccc(NC(=S)NC(=O)NCc2ccc(-c3ncn(-c4ccc(OC(F)(F)F)cc4)n3)cc2)c(C)c1. The number of benzene rings is 3. The minimum atomic E-state index is -4.76. The van der Waals surface area contributed by atoms with Crippen LogP contribution < -0.4 is 25.4 Å². The van der Waals surface area contributed by atoms with E-state index in [4.69, 9.17) is 17.0 Å². The molecule has 0 saturated carbocycles. The number of urea groups is 1. The average molecular weight is 557 g/mol. The third kappa shape index (κ3) is 7.68. The van der Waals surface area contributed by atoms with Crippen molar-refractivity contribution < 1.29 is 27.4 Å². The molecule has 3 N–H and O–H groups in total. The number of ether oxygens (including phenoxy) is 2. The van der Waals surface area contributed by atoms with E-state index in [0.29, 0.717) is 11.5 Å². The van der Waals surface area contributed by atoms with Gasteiger partial charge in [0.05, 0.1) is 12.8 Å². The van der Waals surface area contributed by atoms with Crippen LogP contribution in [0.2, 0.25) is 0 Å². The van der Waals surface area contributed by atoms with Crippen LogP contribution in [0.4, 0.5) is 23.7 Å². The number of methoxy groups -OCH3 is 1. The highest BCUT2D eigenvalue weighted by molar-refractivity contribution is 7.80. The quantitative estimate of drug-likeness (QED) is 0.264. The summed E-state index contributed by atoms with van der Waals surface area (Å²) in [6, 6.07) is 17.5. The smallest absolute Gasteiger partial charge is 0.497 e. The Kier molecular flexibility index (Phi) is 8.30. The summed E-state index contributed by atoms with van der Waals surface area (Å²) >= 11 is 5.22. The van der Waals surface area contributed by atoms with Crippen molar-refractivity contribution in [1.29, 1.82) is 0 Å². The predicted molar refractivity (Wildman–Crippen MR) is 143 cm³/mol. The van der Waals surface area contributed by atoms with Gasteiger partial charge in [-0.3, -0.25) is 5.32 Å². The number of carbonyl (C=O) groups excluding carboxylic acids is 1. The number of nitrogens with zero attached hydrogens (tertiary/aromatic N) is 3. The Morgan fingerprint density at radius 1 is 1.03 bits per heavy atom. The third-order valence-corrected chi connectivity index (χ3v) is 5.60. The molecule has 0 aliphatic heterocycles. The molecule has 202 valence electrons. The highest BCUT2D eigenvalue weighted by Crippen LogP contribution is 2.24. The number of halogens is 3. The number of carbonyl (C=O) groups is 1. The number of aryl methyl sites for hydroxylation is 1.